The van der Waals surface area contributed by atoms with E-state index in [9.17, 15) is 10.0 Å². The highest BCUT2D eigenvalue weighted by Crippen LogP contribution is 2.19. The number of hydrogen-bond acceptors (Lipinski definition) is 4. The first-order valence-electron chi connectivity index (χ1n) is 8.26. The molecule has 1 aromatic carbocycles. The van der Waals surface area contributed by atoms with Gasteiger partial charge in [-0.05, 0) is 5.56 Å². The van der Waals surface area contributed by atoms with Crippen molar-refractivity contribution in [2.24, 2.45) is 0 Å². The second kappa shape index (κ2) is 6.49. The number of aromatic nitrogens is 3. The zero-order valence-electron chi connectivity index (χ0n) is 13.7. The number of rotatable bonds is 3. The number of benzene rings is 1. The highest BCUT2D eigenvalue weighted by Gasteiger charge is 2.21. The van der Waals surface area contributed by atoms with Gasteiger partial charge >= 0.3 is 0 Å². The van der Waals surface area contributed by atoms with Crippen molar-refractivity contribution in [3.05, 3.63) is 87.2 Å². The number of hydrogen-bond donors (Lipinski definition) is 1. The summed E-state index contributed by atoms with van der Waals surface area (Å²) in [6.07, 6.45) is 3.73. The van der Waals surface area contributed by atoms with Gasteiger partial charge in [0.2, 0.25) is 0 Å². The number of fused-ring (bicyclic) bond motifs is 1. The van der Waals surface area contributed by atoms with Crippen LogP contribution in [0, 0.1) is 5.21 Å². The van der Waals surface area contributed by atoms with Crippen LogP contribution < -0.4 is 10.3 Å². The van der Waals surface area contributed by atoms with Crippen molar-refractivity contribution < 1.29 is 4.73 Å². The van der Waals surface area contributed by atoms with Gasteiger partial charge in [-0.15, -0.1) is 0 Å². The Kier molecular flexibility index (Phi) is 4.03. The molecule has 0 saturated carbocycles. The first-order valence-corrected chi connectivity index (χ1v) is 8.26. The third kappa shape index (κ3) is 3.29. The zero-order valence-corrected chi connectivity index (χ0v) is 13.7. The lowest BCUT2D eigenvalue weighted by atomic mass is 10.1. The van der Waals surface area contributed by atoms with Crippen molar-refractivity contribution in [3.8, 4) is 11.4 Å². The average molecular weight is 334 g/mol. The van der Waals surface area contributed by atoms with E-state index in [0.717, 1.165) is 40.1 Å². The highest BCUT2D eigenvalue weighted by atomic mass is 16.5. The first kappa shape index (κ1) is 15.5. The van der Waals surface area contributed by atoms with Gasteiger partial charge in [-0.2, -0.15) is 4.73 Å². The van der Waals surface area contributed by atoms with Crippen LogP contribution in [0.2, 0.25) is 0 Å². The van der Waals surface area contributed by atoms with Crippen LogP contribution in [0.15, 0.2) is 59.7 Å². The summed E-state index contributed by atoms with van der Waals surface area (Å²) in [5, 5.41) is 11.1. The monoisotopic (exact) mass is 334 g/mol. The van der Waals surface area contributed by atoms with Crippen molar-refractivity contribution in [3.63, 3.8) is 0 Å². The minimum Gasteiger partial charge on any atom is -0.619 e. The smallest absolute Gasteiger partial charge is 0.255 e. The number of pyridine rings is 1. The van der Waals surface area contributed by atoms with Crippen LogP contribution in [0.1, 0.15) is 16.8 Å². The predicted octanol–water partition coefficient (Wildman–Crippen LogP) is 1.63. The Hall–Kier alpha value is -2.99. The van der Waals surface area contributed by atoms with Crippen LogP contribution in [-0.2, 0) is 19.5 Å². The van der Waals surface area contributed by atoms with E-state index in [4.69, 9.17) is 0 Å². The molecule has 4 rings (SSSR count). The van der Waals surface area contributed by atoms with E-state index in [1.165, 1.54) is 12.4 Å². The van der Waals surface area contributed by atoms with Gasteiger partial charge in [0, 0.05) is 43.8 Å². The second-order valence-electron chi connectivity index (χ2n) is 6.23. The average Bonchev–Trinajstić information content (AvgIpc) is 2.65. The fourth-order valence-electron chi connectivity index (χ4n) is 3.16. The SMILES string of the molecule is O=c1[nH]c(-c2ccccc2)nc2c1CN(Cc1cc[n+]([O-])cc1)CC2. The van der Waals surface area contributed by atoms with Crippen LogP contribution >= 0.6 is 0 Å². The first-order chi connectivity index (χ1) is 12.2. The molecule has 1 aliphatic heterocycles. The number of nitrogens with one attached hydrogen (secondary N) is 1. The molecule has 0 fully saturated rings. The summed E-state index contributed by atoms with van der Waals surface area (Å²) < 4.78 is 0.773. The van der Waals surface area contributed by atoms with Gasteiger partial charge in [-0.3, -0.25) is 9.69 Å². The third-order valence-corrected chi connectivity index (χ3v) is 4.47. The molecule has 0 spiro atoms. The van der Waals surface area contributed by atoms with Gasteiger partial charge in [-0.25, -0.2) is 4.98 Å². The molecule has 2 aromatic heterocycles. The van der Waals surface area contributed by atoms with E-state index in [1.54, 1.807) is 0 Å². The summed E-state index contributed by atoms with van der Waals surface area (Å²) in [6, 6.07) is 13.3. The number of aromatic amines is 1. The van der Waals surface area contributed by atoms with Gasteiger partial charge in [0.25, 0.3) is 5.56 Å². The topological polar surface area (TPSA) is 75.9 Å². The normalized spacial score (nSPS) is 14.2. The van der Waals surface area contributed by atoms with E-state index in [0.29, 0.717) is 18.9 Å². The van der Waals surface area contributed by atoms with Crippen LogP contribution in [-0.4, -0.2) is 21.4 Å². The second-order valence-corrected chi connectivity index (χ2v) is 6.23. The molecular formula is C19H18N4O2. The molecule has 0 amide bonds. The molecule has 25 heavy (non-hydrogen) atoms. The van der Waals surface area contributed by atoms with Crippen LogP contribution in [0.25, 0.3) is 11.4 Å². The molecule has 0 bridgehead atoms. The molecule has 3 aromatic rings. The summed E-state index contributed by atoms with van der Waals surface area (Å²) in [5.41, 5.74) is 3.52. The van der Waals surface area contributed by atoms with Gasteiger partial charge in [0.1, 0.15) is 5.82 Å². The van der Waals surface area contributed by atoms with Crippen molar-refractivity contribution in [1.82, 2.24) is 14.9 Å². The minimum atomic E-state index is -0.0704. The standard InChI is InChI=1S/C19H18N4O2/c24-19-16-13-22(12-14-6-10-23(25)11-7-14)9-8-17(16)20-18(21-19)15-4-2-1-3-5-15/h1-7,10-11H,8-9,12-13H2,(H,20,21,24). The van der Waals surface area contributed by atoms with Gasteiger partial charge < -0.3 is 10.2 Å². The fraction of sp³-hybridized carbons (Fsp3) is 0.211. The maximum absolute atomic E-state index is 12.5. The number of H-pyrrole nitrogens is 1. The van der Waals surface area contributed by atoms with Crippen molar-refractivity contribution in [1.29, 1.82) is 0 Å². The summed E-state index contributed by atoms with van der Waals surface area (Å²) in [7, 11) is 0. The van der Waals surface area contributed by atoms with E-state index < -0.39 is 0 Å². The Morgan fingerprint density at radius 2 is 1.92 bits per heavy atom. The molecule has 6 nitrogen and oxygen atoms in total. The Bertz CT molecular complexity index is 936. The van der Waals surface area contributed by atoms with Crippen LogP contribution in [0.4, 0.5) is 0 Å². The molecule has 0 aliphatic carbocycles. The van der Waals surface area contributed by atoms with Crippen LogP contribution in [0.3, 0.4) is 0 Å². The van der Waals surface area contributed by atoms with E-state index >= 15 is 0 Å². The largest absolute Gasteiger partial charge is 0.619 e. The van der Waals surface area contributed by atoms with Gasteiger partial charge in [-0.1, -0.05) is 30.3 Å². The quantitative estimate of drug-likeness (QED) is 0.583. The zero-order chi connectivity index (χ0) is 17.2. The van der Waals surface area contributed by atoms with Crippen molar-refractivity contribution in [2.75, 3.05) is 6.54 Å². The molecule has 0 saturated heterocycles. The molecule has 0 radical (unpaired) electrons. The Balaban J connectivity index is 1.57. The van der Waals surface area contributed by atoms with E-state index in [-0.39, 0.29) is 5.56 Å². The minimum absolute atomic E-state index is 0.0704. The molecule has 0 unspecified atom stereocenters. The van der Waals surface area contributed by atoms with Gasteiger partial charge in [0.15, 0.2) is 12.4 Å². The summed E-state index contributed by atoms with van der Waals surface area (Å²) in [5.74, 6) is 0.626. The summed E-state index contributed by atoms with van der Waals surface area (Å²) >= 11 is 0. The lowest BCUT2D eigenvalue weighted by Gasteiger charge is -2.27. The highest BCUT2D eigenvalue weighted by molar-refractivity contribution is 5.54. The molecule has 0 atom stereocenters. The maximum atomic E-state index is 12.5. The fourth-order valence-corrected chi connectivity index (χ4v) is 3.16. The molecule has 1 N–H and O–H groups in total. The summed E-state index contributed by atoms with van der Waals surface area (Å²) in [4.78, 5) is 22.3. The van der Waals surface area contributed by atoms with Crippen molar-refractivity contribution in [2.45, 2.75) is 19.5 Å². The van der Waals surface area contributed by atoms with E-state index in [2.05, 4.69) is 14.9 Å². The molecular weight excluding hydrogens is 316 g/mol. The van der Waals surface area contributed by atoms with Gasteiger partial charge in [0.05, 0.1) is 11.3 Å². The maximum Gasteiger partial charge on any atom is 0.255 e. The third-order valence-electron chi connectivity index (χ3n) is 4.47. The molecule has 126 valence electrons. The van der Waals surface area contributed by atoms with Crippen LogP contribution in [0.5, 0.6) is 0 Å². The number of nitrogens with zero attached hydrogens (tertiary/aromatic N) is 3. The lowest BCUT2D eigenvalue weighted by molar-refractivity contribution is -0.605. The molecule has 3 heterocycles. The van der Waals surface area contributed by atoms with E-state index in [1.807, 2.05) is 42.5 Å². The Morgan fingerprint density at radius 1 is 1.16 bits per heavy atom. The molecule has 1 aliphatic rings. The predicted molar refractivity (Wildman–Crippen MR) is 93.5 cm³/mol. The Morgan fingerprint density at radius 3 is 2.68 bits per heavy atom. The lowest BCUT2D eigenvalue weighted by Crippen LogP contribution is -2.35. The van der Waals surface area contributed by atoms with Crippen molar-refractivity contribution >= 4 is 0 Å². The molecule has 6 heteroatoms. The summed E-state index contributed by atoms with van der Waals surface area (Å²) in [6.45, 7) is 2.11. The Labute approximate surface area is 145 Å².